The molecular weight excluding hydrogens is 591 g/mol. The topological polar surface area (TPSA) is 144 Å². The van der Waals surface area contributed by atoms with E-state index in [2.05, 4.69) is 15.0 Å². The first kappa shape index (κ1) is 32.2. The number of halogens is 3. The largest absolute Gasteiger partial charge is 0.486 e. The molecule has 2 aromatic rings. The molecule has 1 amide bonds. The van der Waals surface area contributed by atoms with Gasteiger partial charge < -0.3 is 19.3 Å². The van der Waals surface area contributed by atoms with Crippen molar-refractivity contribution in [2.45, 2.75) is 77.3 Å². The minimum Gasteiger partial charge on any atom is -0.486 e. The van der Waals surface area contributed by atoms with Crippen LogP contribution in [0.5, 0.6) is 10.8 Å². The van der Waals surface area contributed by atoms with Crippen LogP contribution in [0, 0.1) is 5.41 Å². The standard InChI is InChI=1S/C25H32F3N3O8S2/c1-7-18-30-19(20(40-18)37-8-2)41(35,36)31-13-15(12-23(3,4)21(32)33)38-17-10-9-14(11-16(17)31)29-22(34)39-24(5,6)25(26,27)28/h9-11,15H,7-8,12-13H2,1-6H3,(H,29,34)(H,32,33)/t15-/m0/s1. The molecule has 0 bridgehead atoms. The van der Waals surface area contributed by atoms with E-state index in [1.807, 2.05) is 0 Å². The number of thiazole rings is 1. The summed E-state index contributed by atoms with van der Waals surface area (Å²) in [7, 11) is -4.43. The normalized spacial score (nSPS) is 16.0. The molecule has 0 radical (unpaired) electrons. The lowest BCUT2D eigenvalue weighted by atomic mass is 9.86. The lowest BCUT2D eigenvalue weighted by Gasteiger charge is -2.37. The van der Waals surface area contributed by atoms with Gasteiger partial charge in [0.2, 0.25) is 15.7 Å². The molecule has 2 heterocycles. The summed E-state index contributed by atoms with van der Waals surface area (Å²) >= 11 is 1.08. The molecule has 1 atom stereocenters. The number of alkyl halides is 3. The maximum atomic E-state index is 14.0. The number of hydrogen-bond acceptors (Lipinski definition) is 9. The van der Waals surface area contributed by atoms with Crippen LogP contribution >= 0.6 is 11.3 Å². The molecule has 1 aliphatic rings. The second-order valence-corrected chi connectivity index (χ2v) is 13.2. The maximum Gasteiger partial charge on any atom is 0.427 e. The fourth-order valence-corrected chi connectivity index (χ4v) is 6.56. The van der Waals surface area contributed by atoms with Crippen molar-refractivity contribution in [2.24, 2.45) is 5.41 Å². The van der Waals surface area contributed by atoms with Gasteiger partial charge in [0.05, 0.1) is 29.3 Å². The highest BCUT2D eigenvalue weighted by Crippen LogP contribution is 2.43. The third kappa shape index (κ3) is 6.97. The molecule has 0 unspecified atom stereocenters. The molecule has 11 nitrogen and oxygen atoms in total. The van der Waals surface area contributed by atoms with Gasteiger partial charge in [0.1, 0.15) is 11.9 Å². The lowest BCUT2D eigenvalue weighted by Crippen LogP contribution is -2.46. The molecule has 1 aromatic heterocycles. The van der Waals surface area contributed by atoms with Crippen molar-refractivity contribution in [1.82, 2.24) is 4.98 Å². The Labute approximate surface area is 239 Å². The van der Waals surface area contributed by atoms with Crippen LogP contribution in [0.15, 0.2) is 23.2 Å². The fraction of sp³-hybridized carbons (Fsp3) is 0.560. The van der Waals surface area contributed by atoms with Crippen LogP contribution in [0.1, 0.15) is 53.0 Å². The van der Waals surface area contributed by atoms with Crippen molar-refractivity contribution >= 4 is 44.8 Å². The zero-order chi connectivity index (χ0) is 31.0. The first-order chi connectivity index (χ1) is 18.8. The Morgan fingerprint density at radius 3 is 2.44 bits per heavy atom. The van der Waals surface area contributed by atoms with Crippen LogP contribution in [0.25, 0.3) is 0 Å². The number of hydrogen-bond donors (Lipinski definition) is 2. The third-order valence-electron chi connectivity index (χ3n) is 6.21. The molecule has 0 spiro atoms. The van der Waals surface area contributed by atoms with Crippen LogP contribution in [0.4, 0.5) is 29.3 Å². The van der Waals surface area contributed by atoms with Gasteiger partial charge in [-0.25, -0.2) is 9.78 Å². The van der Waals surface area contributed by atoms with Gasteiger partial charge in [0, 0.05) is 12.1 Å². The zero-order valence-electron chi connectivity index (χ0n) is 23.3. The number of carbonyl (C=O) groups excluding carboxylic acids is 1. The predicted molar refractivity (Wildman–Crippen MR) is 144 cm³/mol. The molecule has 1 aliphatic heterocycles. The highest BCUT2D eigenvalue weighted by atomic mass is 32.2. The minimum absolute atomic E-state index is 0.0456. The van der Waals surface area contributed by atoms with E-state index in [0.717, 1.165) is 15.6 Å². The van der Waals surface area contributed by atoms with Gasteiger partial charge in [-0.15, -0.1) is 0 Å². The van der Waals surface area contributed by atoms with Crippen LogP contribution in [0.2, 0.25) is 0 Å². The molecule has 2 N–H and O–H groups in total. The Kier molecular flexibility index (Phi) is 9.08. The van der Waals surface area contributed by atoms with Crippen LogP contribution < -0.4 is 19.1 Å². The van der Waals surface area contributed by atoms with Crippen molar-refractivity contribution in [3.63, 3.8) is 0 Å². The molecule has 1 aromatic carbocycles. The number of aliphatic carboxylic acids is 1. The number of aryl methyl sites for hydroxylation is 1. The summed E-state index contributed by atoms with van der Waals surface area (Å²) in [6.07, 6.45) is -6.74. The van der Waals surface area contributed by atoms with Crippen molar-refractivity contribution in [3.05, 3.63) is 23.2 Å². The predicted octanol–water partition coefficient (Wildman–Crippen LogP) is 5.45. The molecule has 0 saturated carbocycles. The van der Waals surface area contributed by atoms with Crippen LogP contribution in [-0.4, -0.2) is 61.6 Å². The summed E-state index contributed by atoms with van der Waals surface area (Å²) in [5.74, 6) is -1.06. The molecular formula is C25H32F3N3O8S2. The number of rotatable bonds is 10. The number of fused-ring (bicyclic) bond motifs is 1. The lowest BCUT2D eigenvalue weighted by molar-refractivity contribution is -0.242. The number of benzene rings is 1. The van der Waals surface area contributed by atoms with E-state index in [0.29, 0.717) is 25.3 Å². The van der Waals surface area contributed by atoms with Gasteiger partial charge in [0.15, 0.2) is 0 Å². The van der Waals surface area contributed by atoms with E-state index in [-0.39, 0.29) is 46.8 Å². The number of aromatic nitrogens is 1. The second-order valence-electron chi connectivity index (χ2n) is 10.4. The van der Waals surface area contributed by atoms with Crippen molar-refractivity contribution in [2.75, 3.05) is 22.8 Å². The van der Waals surface area contributed by atoms with Gasteiger partial charge >= 0.3 is 18.2 Å². The number of nitrogens with one attached hydrogen (secondary N) is 1. The Hall–Kier alpha value is -3.27. The van der Waals surface area contributed by atoms with E-state index >= 15 is 0 Å². The number of ether oxygens (including phenoxy) is 3. The number of nitrogens with zero attached hydrogens (tertiary/aromatic N) is 2. The third-order valence-corrected chi connectivity index (χ3v) is 9.14. The van der Waals surface area contributed by atoms with E-state index in [4.69, 9.17) is 9.47 Å². The van der Waals surface area contributed by atoms with Crippen LogP contribution in [0.3, 0.4) is 0 Å². The number of sulfonamides is 1. The molecule has 3 rings (SSSR count). The Bertz CT molecular complexity index is 1410. The molecule has 41 heavy (non-hydrogen) atoms. The molecule has 0 saturated heterocycles. The van der Waals surface area contributed by atoms with Gasteiger partial charge in [-0.05, 0) is 59.2 Å². The summed E-state index contributed by atoms with van der Waals surface area (Å²) in [4.78, 5) is 28.3. The summed E-state index contributed by atoms with van der Waals surface area (Å²) in [5.41, 5.74) is -4.17. The Morgan fingerprint density at radius 1 is 1.22 bits per heavy atom. The first-order valence-corrected chi connectivity index (χ1v) is 14.8. The SMILES string of the molecule is CCOc1sc(CC)nc1S(=O)(=O)N1C[C@H](CC(C)(C)C(=O)O)Oc2ccc(NC(=O)OC(C)(C)C(F)(F)F)cc21. The molecule has 228 valence electrons. The summed E-state index contributed by atoms with van der Waals surface area (Å²) in [5, 5.41) is 12.0. The van der Waals surface area contributed by atoms with E-state index in [9.17, 15) is 36.3 Å². The van der Waals surface area contributed by atoms with E-state index < -0.39 is 45.4 Å². The van der Waals surface area contributed by atoms with Crippen molar-refractivity contribution in [3.8, 4) is 10.8 Å². The monoisotopic (exact) mass is 623 g/mol. The van der Waals surface area contributed by atoms with Crippen molar-refractivity contribution in [1.29, 1.82) is 0 Å². The summed E-state index contributed by atoms with van der Waals surface area (Å²) in [6, 6.07) is 3.82. The summed E-state index contributed by atoms with van der Waals surface area (Å²) < 4.78 is 84.6. The zero-order valence-corrected chi connectivity index (χ0v) is 24.9. The quantitative estimate of drug-likeness (QED) is 0.353. The molecule has 16 heteroatoms. The van der Waals surface area contributed by atoms with Gasteiger partial charge in [-0.3, -0.25) is 14.4 Å². The highest BCUT2D eigenvalue weighted by Gasteiger charge is 2.51. The number of carboxylic acids is 1. The maximum absolute atomic E-state index is 14.0. The van der Waals surface area contributed by atoms with E-state index in [1.54, 1.807) is 13.8 Å². The highest BCUT2D eigenvalue weighted by molar-refractivity contribution is 7.93. The Balaban J connectivity index is 2.06. The second kappa shape index (κ2) is 11.5. The first-order valence-electron chi connectivity index (χ1n) is 12.6. The smallest absolute Gasteiger partial charge is 0.427 e. The van der Waals surface area contributed by atoms with Gasteiger partial charge in [-0.1, -0.05) is 18.3 Å². The Morgan fingerprint density at radius 2 is 1.88 bits per heavy atom. The van der Waals surface area contributed by atoms with Gasteiger partial charge in [0.25, 0.3) is 10.0 Å². The number of carbonyl (C=O) groups is 2. The fourth-order valence-electron chi connectivity index (χ4n) is 3.79. The van der Waals surface area contributed by atoms with Crippen molar-refractivity contribution < 1.29 is 50.5 Å². The number of amides is 1. The average Bonchev–Trinajstić information content (AvgIpc) is 3.26. The van der Waals surface area contributed by atoms with E-state index in [1.165, 1.54) is 32.0 Å². The number of carboxylic acid groups (broad SMARTS) is 1. The summed E-state index contributed by atoms with van der Waals surface area (Å²) in [6.45, 7) is 7.69. The molecule has 0 aliphatic carbocycles. The molecule has 0 fully saturated rings. The van der Waals surface area contributed by atoms with Crippen LogP contribution in [-0.2, 0) is 26.0 Å². The minimum atomic E-state index is -4.83. The average molecular weight is 624 g/mol. The number of anilines is 2. The van der Waals surface area contributed by atoms with Gasteiger partial charge in [-0.2, -0.15) is 21.6 Å².